The smallest absolute Gasteiger partial charge is 0.271 e. The van der Waals surface area contributed by atoms with Gasteiger partial charge in [-0.15, -0.1) is 5.10 Å². The summed E-state index contributed by atoms with van der Waals surface area (Å²) in [4.78, 5) is 17.0. The highest BCUT2D eigenvalue weighted by atomic mass is 32.1. The van der Waals surface area contributed by atoms with Crippen LogP contribution in [0.1, 0.15) is 20.9 Å². The van der Waals surface area contributed by atoms with Gasteiger partial charge < -0.3 is 0 Å². The van der Waals surface area contributed by atoms with E-state index in [0.29, 0.717) is 15.7 Å². The molecular weight excluding hydrogens is 280 g/mol. The largest absolute Gasteiger partial charge is 0.297 e. The summed E-state index contributed by atoms with van der Waals surface area (Å²) in [5, 5.41) is 7.23. The molecule has 0 radical (unpaired) electrons. The van der Waals surface area contributed by atoms with Crippen LogP contribution in [0.25, 0.3) is 10.2 Å². The van der Waals surface area contributed by atoms with Gasteiger partial charge in [0.15, 0.2) is 5.13 Å². The van der Waals surface area contributed by atoms with Gasteiger partial charge in [-0.25, -0.2) is 4.98 Å². The van der Waals surface area contributed by atoms with E-state index < -0.39 is 0 Å². The van der Waals surface area contributed by atoms with Crippen molar-refractivity contribution in [3.05, 3.63) is 34.3 Å². The number of fused-ring (bicyclic) bond motifs is 1. The number of amides is 1. The summed E-state index contributed by atoms with van der Waals surface area (Å²) in [5.74, 6) is -0.204. The second-order valence-electron chi connectivity index (χ2n) is 4.08. The first-order valence-electron chi connectivity index (χ1n) is 5.61. The summed E-state index contributed by atoms with van der Waals surface area (Å²) in [6, 6.07) is 5.98. The Morgan fingerprint density at radius 1 is 1.32 bits per heavy atom. The Balaban J connectivity index is 1.92. The number of nitrogens with zero attached hydrogens (tertiary/aromatic N) is 3. The van der Waals surface area contributed by atoms with Crippen LogP contribution in [0.3, 0.4) is 0 Å². The van der Waals surface area contributed by atoms with Crippen LogP contribution >= 0.6 is 22.9 Å². The number of nitrogens with one attached hydrogen (secondary N) is 1. The molecule has 5 nitrogen and oxygen atoms in total. The highest BCUT2D eigenvalue weighted by Gasteiger charge is 2.15. The number of para-hydroxylation sites is 1. The van der Waals surface area contributed by atoms with E-state index in [4.69, 9.17) is 0 Å². The van der Waals surface area contributed by atoms with Crippen LogP contribution in [0.5, 0.6) is 0 Å². The number of anilines is 1. The van der Waals surface area contributed by atoms with Crippen LogP contribution in [0.2, 0.25) is 0 Å². The summed E-state index contributed by atoms with van der Waals surface area (Å²) in [5.41, 5.74) is 2.67. The molecule has 96 valence electrons. The first kappa shape index (κ1) is 12.2. The molecule has 0 aliphatic heterocycles. The number of carbonyl (C=O) groups is 1. The third kappa shape index (κ3) is 2.22. The minimum absolute atomic E-state index is 0.204. The van der Waals surface area contributed by atoms with Crippen molar-refractivity contribution in [2.75, 3.05) is 5.32 Å². The van der Waals surface area contributed by atoms with Gasteiger partial charge in [0, 0.05) is 0 Å². The van der Waals surface area contributed by atoms with Crippen molar-refractivity contribution in [1.82, 2.24) is 14.6 Å². The maximum Gasteiger partial charge on any atom is 0.271 e. The number of thiazole rings is 1. The van der Waals surface area contributed by atoms with E-state index in [1.807, 2.05) is 25.1 Å². The number of hydrogen-bond acceptors (Lipinski definition) is 6. The lowest BCUT2D eigenvalue weighted by Gasteiger charge is -1.97. The summed E-state index contributed by atoms with van der Waals surface area (Å²) in [6.45, 7) is 3.77. The van der Waals surface area contributed by atoms with Crippen molar-refractivity contribution in [2.45, 2.75) is 13.8 Å². The Morgan fingerprint density at radius 3 is 2.84 bits per heavy atom. The molecule has 0 atom stereocenters. The van der Waals surface area contributed by atoms with Crippen molar-refractivity contribution in [3.63, 3.8) is 0 Å². The molecule has 3 rings (SSSR count). The number of benzene rings is 1. The van der Waals surface area contributed by atoms with Crippen molar-refractivity contribution >= 4 is 44.1 Å². The van der Waals surface area contributed by atoms with Crippen LogP contribution in [0, 0.1) is 13.8 Å². The molecule has 7 heteroatoms. The average molecular weight is 290 g/mol. The Kier molecular flexibility index (Phi) is 3.00. The molecule has 0 unspecified atom stereocenters. The molecule has 19 heavy (non-hydrogen) atoms. The van der Waals surface area contributed by atoms with Crippen LogP contribution in [-0.2, 0) is 0 Å². The van der Waals surface area contributed by atoms with E-state index >= 15 is 0 Å². The topological polar surface area (TPSA) is 67.8 Å². The molecule has 1 N–H and O–H groups in total. The fourth-order valence-electron chi connectivity index (χ4n) is 1.73. The average Bonchev–Trinajstić information content (AvgIpc) is 2.95. The van der Waals surface area contributed by atoms with E-state index in [-0.39, 0.29) is 5.91 Å². The van der Waals surface area contributed by atoms with E-state index in [9.17, 15) is 4.79 Å². The van der Waals surface area contributed by atoms with E-state index in [0.717, 1.165) is 27.3 Å². The number of hydrogen-bond donors (Lipinski definition) is 1. The number of aryl methyl sites for hydroxylation is 2. The molecule has 1 amide bonds. The van der Waals surface area contributed by atoms with E-state index in [2.05, 4.69) is 19.9 Å². The van der Waals surface area contributed by atoms with Gasteiger partial charge in [-0.05, 0) is 37.0 Å². The standard InChI is InChI=1S/C12H10N4OS2/c1-6-4-3-5-8-9(6)13-12(18-8)14-11(17)10-7(2)15-16-19-10/h3-5H,1-2H3,(H,13,14,17). The van der Waals surface area contributed by atoms with Crippen molar-refractivity contribution in [2.24, 2.45) is 0 Å². The second-order valence-corrected chi connectivity index (χ2v) is 5.87. The molecule has 2 heterocycles. The minimum Gasteiger partial charge on any atom is -0.297 e. The quantitative estimate of drug-likeness (QED) is 0.787. The van der Waals surface area contributed by atoms with Crippen LogP contribution in [0.4, 0.5) is 5.13 Å². The van der Waals surface area contributed by atoms with E-state index in [1.165, 1.54) is 11.3 Å². The highest BCUT2D eigenvalue weighted by molar-refractivity contribution is 7.22. The molecule has 3 aromatic rings. The molecule has 0 aliphatic carbocycles. The van der Waals surface area contributed by atoms with Gasteiger partial charge >= 0.3 is 0 Å². The Morgan fingerprint density at radius 2 is 2.16 bits per heavy atom. The first-order valence-corrected chi connectivity index (χ1v) is 7.20. The molecular formula is C12H10N4OS2. The Labute approximate surface area is 117 Å². The number of rotatable bonds is 2. The normalized spacial score (nSPS) is 10.8. The van der Waals surface area contributed by atoms with Gasteiger partial charge in [0.05, 0.1) is 15.9 Å². The van der Waals surface area contributed by atoms with Crippen LogP contribution < -0.4 is 5.32 Å². The van der Waals surface area contributed by atoms with Gasteiger partial charge in [-0.2, -0.15) is 0 Å². The van der Waals surface area contributed by atoms with Crippen LogP contribution in [-0.4, -0.2) is 20.5 Å². The zero-order valence-electron chi connectivity index (χ0n) is 10.3. The fourth-order valence-corrected chi connectivity index (χ4v) is 3.22. The zero-order valence-corrected chi connectivity index (χ0v) is 11.9. The molecule has 0 saturated heterocycles. The summed E-state index contributed by atoms with van der Waals surface area (Å²) in [6.07, 6.45) is 0. The van der Waals surface area contributed by atoms with Crippen LogP contribution in [0.15, 0.2) is 18.2 Å². The van der Waals surface area contributed by atoms with Gasteiger partial charge in [0.1, 0.15) is 4.88 Å². The molecule has 0 bridgehead atoms. The number of carbonyl (C=O) groups excluding carboxylic acids is 1. The lowest BCUT2D eigenvalue weighted by atomic mass is 10.2. The molecule has 1 aromatic carbocycles. The highest BCUT2D eigenvalue weighted by Crippen LogP contribution is 2.28. The maximum atomic E-state index is 12.0. The van der Waals surface area contributed by atoms with Gasteiger partial charge in [0.25, 0.3) is 5.91 Å². The van der Waals surface area contributed by atoms with Crippen molar-refractivity contribution in [1.29, 1.82) is 0 Å². The molecule has 0 saturated carbocycles. The lowest BCUT2D eigenvalue weighted by molar-refractivity contribution is 0.103. The summed E-state index contributed by atoms with van der Waals surface area (Å²) in [7, 11) is 0. The summed E-state index contributed by atoms with van der Waals surface area (Å²) < 4.78 is 4.82. The maximum absolute atomic E-state index is 12.0. The molecule has 0 aliphatic rings. The van der Waals surface area contributed by atoms with Crippen molar-refractivity contribution in [3.8, 4) is 0 Å². The summed E-state index contributed by atoms with van der Waals surface area (Å²) >= 11 is 2.55. The number of aromatic nitrogens is 3. The monoisotopic (exact) mass is 290 g/mol. The molecule has 0 fully saturated rings. The predicted molar refractivity (Wildman–Crippen MR) is 77.0 cm³/mol. The molecule has 0 spiro atoms. The molecule has 2 aromatic heterocycles. The van der Waals surface area contributed by atoms with Gasteiger partial charge in [0.2, 0.25) is 0 Å². The first-order chi connectivity index (χ1) is 9.15. The minimum atomic E-state index is -0.204. The third-order valence-electron chi connectivity index (χ3n) is 2.70. The fraction of sp³-hybridized carbons (Fsp3) is 0.167. The van der Waals surface area contributed by atoms with Crippen molar-refractivity contribution < 1.29 is 4.79 Å². The zero-order chi connectivity index (χ0) is 13.4. The second kappa shape index (κ2) is 4.67. The lowest BCUT2D eigenvalue weighted by Crippen LogP contribution is -2.11. The van der Waals surface area contributed by atoms with E-state index in [1.54, 1.807) is 6.92 Å². The SMILES string of the molecule is Cc1nnsc1C(=O)Nc1nc2c(C)cccc2s1. The van der Waals surface area contributed by atoms with Gasteiger partial charge in [-0.3, -0.25) is 10.1 Å². The third-order valence-corrected chi connectivity index (χ3v) is 4.46. The van der Waals surface area contributed by atoms with Gasteiger partial charge in [-0.1, -0.05) is 28.0 Å². The Hall–Kier alpha value is -1.86. The predicted octanol–water partition coefficient (Wildman–Crippen LogP) is 3.02. The Bertz CT molecular complexity index is 762.